The summed E-state index contributed by atoms with van der Waals surface area (Å²) in [5, 5.41) is 2.95. The lowest BCUT2D eigenvalue weighted by molar-refractivity contribution is -0.107. The standard InChI is InChI=1S/C26H29N7O2/c1-17-10-11-18(24-28-14-21(30-24)20-8-6-7-9-23(20)35-5)12-22(17)33(16-34)15-19-13-29-26(27-2)31-25(19)32(3)4/h6-14,16H,15H2,1-5H3,(H,28,30)(H,27,29,31). The zero-order valence-corrected chi connectivity index (χ0v) is 20.5. The third kappa shape index (κ3) is 4.93. The van der Waals surface area contributed by atoms with E-state index in [4.69, 9.17) is 4.74 Å². The maximum atomic E-state index is 12.2. The first kappa shape index (κ1) is 23.7. The first-order valence-electron chi connectivity index (χ1n) is 11.2. The van der Waals surface area contributed by atoms with Gasteiger partial charge in [0, 0.05) is 49.7 Å². The molecule has 0 saturated heterocycles. The van der Waals surface area contributed by atoms with Crippen LogP contribution in [-0.2, 0) is 11.3 Å². The Bertz CT molecular complexity index is 1330. The van der Waals surface area contributed by atoms with Crippen molar-refractivity contribution >= 4 is 23.9 Å². The Morgan fingerprint density at radius 3 is 2.63 bits per heavy atom. The van der Waals surface area contributed by atoms with E-state index >= 15 is 0 Å². The molecule has 0 aliphatic heterocycles. The molecule has 0 saturated carbocycles. The fourth-order valence-corrected chi connectivity index (χ4v) is 3.92. The lowest BCUT2D eigenvalue weighted by atomic mass is 10.1. The number of benzene rings is 2. The van der Waals surface area contributed by atoms with Gasteiger partial charge in [-0.15, -0.1) is 0 Å². The fourth-order valence-electron chi connectivity index (χ4n) is 3.92. The number of anilines is 3. The lowest BCUT2D eigenvalue weighted by Gasteiger charge is -2.23. The Kier molecular flexibility index (Phi) is 6.96. The summed E-state index contributed by atoms with van der Waals surface area (Å²) < 4.78 is 5.48. The summed E-state index contributed by atoms with van der Waals surface area (Å²) in [6.45, 7) is 2.31. The van der Waals surface area contributed by atoms with Gasteiger partial charge in [-0.3, -0.25) is 4.79 Å². The van der Waals surface area contributed by atoms with Crippen LogP contribution in [0, 0.1) is 6.92 Å². The van der Waals surface area contributed by atoms with Gasteiger partial charge in [0.05, 0.1) is 25.5 Å². The van der Waals surface area contributed by atoms with E-state index in [2.05, 4.69) is 25.3 Å². The van der Waals surface area contributed by atoms with Gasteiger partial charge in [-0.2, -0.15) is 4.98 Å². The second kappa shape index (κ2) is 10.3. The quantitative estimate of drug-likeness (QED) is 0.354. The highest BCUT2D eigenvalue weighted by atomic mass is 16.5. The molecular weight excluding hydrogens is 442 g/mol. The van der Waals surface area contributed by atoms with Crippen LogP contribution in [-0.4, -0.2) is 54.6 Å². The van der Waals surface area contributed by atoms with Gasteiger partial charge < -0.3 is 24.8 Å². The third-order valence-electron chi connectivity index (χ3n) is 5.72. The predicted octanol–water partition coefficient (Wildman–Crippen LogP) is 4.12. The molecule has 0 bridgehead atoms. The molecule has 2 heterocycles. The summed E-state index contributed by atoms with van der Waals surface area (Å²) in [6, 6.07) is 13.7. The van der Waals surface area contributed by atoms with E-state index in [1.54, 1.807) is 31.5 Å². The van der Waals surface area contributed by atoms with Crippen LogP contribution in [0.3, 0.4) is 0 Å². The number of hydrogen-bond acceptors (Lipinski definition) is 7. The van der Waals surface area contributed by atoms with Gasteiger partial charge in [-0.05, 0) is 30.7 Å². The molecule has 0 atom stereocenters. The molecule has 4 aromatic rings. The number of nitrogens with one attached hydrogen (secondary N) is 2. The van der Waals surface area contributed by atoms with Crippen molar-refractivity contribution in [1.29, 1.82) is 0 Å². The maximum absolute atomic E-state index is 12.2. The first-order valence-corrected chi connectivity index (χ1v) is 11.2. The molecule has 180 valence electrons. The Hall–Kier alpha value is -4.40. The second-order valence-electron chi connectivity index (χ2n) is 8.27. The van der Waals surface area contributed by atoms with Crippen LogP contribution in [0.25, 0.3) is 22.6 Å². The van der Waals surface area contributed by atoms with Gasteiger partial charge in [-0.25, -0.2) is 9.97 Å². The number of imidazole rings is 1. The molecule has 35 heavy (non-hydrogen) atoms. The largest absolute Gasteiger partial charge is 0.496 e. The molecule has 2 aromatic carbocycles. The summed E-state index contributed by atoms with van der Waals surface area (Å²) >= 11 is 0. The molecule has 2 N–H and O–H groups in total. The number of ether oxygens (including phenoxy) is 1. The number of carbonyl (C=O) groups excluding carboxylic acids is 1. The molecule has 0 aliphatic carbocycles. The van der Waals surface area contributed by atoms with Crippen molar-refractivity contribution in [2.45, 2.75) is 13.5 Å². The number of aryl methyl sites for hydroxylation is 1. The lowest BCUT2D eigenvalue weighted by Crippen LogP contribution is -2.24. The summed E-state index contributed by atoms with van der Waals surface area (Å²) in [5.74, 6) is 2.74. The Labute approximate surface area is 204 Å². The molecule has 0 spiro atoms. The van der Waals surface area contributed by atoms with E-state index in [-0.39, 0.29) is 0 Å². The molecule has 4 rings (SSSR count). The maximum Gasteiger partial charge on any atom is 0.224 e. The Morgan fingerprint density at radius 2 is 1.91 bits per heavy atom. The number of rotatable bonds is 9. The summed E-state index contributed by atoms with van der Waals surface area (Å²) in [5.41, 5.74) is 5.24. The Morgan fingerprint density at radius 1 is 1.11 bits per heavy atom. The van der Waals surface area contributed by atoms with Gasteiger partial charge in [-0.1, -0.05) is 24.3 Å². The SMILES string of the molecule is CNc1ncc(CN(C=O)c2cc(-c3ncc(-c4ccccc4OC)[nH]3)ccc2C)c(N(C)C)n1. The highest BCUT2D eigenvalue weighted by Gasteiger charge is 2.17. The van der Waals surface area contributed by atoms with Crippen molar-refractivity contribution in [3.05, 3.63) is 66.0 Å². The number of nitrogens with zero attached hydrogens (tertiary/aromatic N) is 5. The van der Waals surface area contributed by atoms with Crippen LogP contribution in [0.1, 0.15) is 11.1 Å². The summed E-state index contributed by atoms with van der Waals surface area (Å²) in [4.78, 5) is 32.6. The van der Waals surface area contributed by atoms with Crippen LogP contribution < -0.4 is 19.9 Å². The van der Waals surface area contributed by atoms with Gasteiger partial charge in [0.25, 0.3) is 0 Å². The van der Waals surface area contributed by atoms with E-state index in [1.165, 1.54) is 0 Å². The number of hydrogen-bond donors (Lipinski definition) is 2. The monoisotopic (exact) mass is 471 g/mol. The van der Waals surface area contributed by atoms with E-state index in [0.29, 0.717) is 18.3 Å². The van der Waals surface area contributed by atoms with Crippen molar-refractivity contribution in [3.8, 4) is 28.4 Å². The van der Waals surface area contributed by atoms with Gasteiger partial charge >= 0.3 is 0 Å². The summed E-state index contributed by atoms with van der Waals surface area (Å²) in [7, 11) is 7.25. The topological polar surface area (TPSA) is 99.3 Å². The number of H-pyrrole nitrogens is 1. The van der Waals surface area contributed by atoms with Gasteiger partial charge in [0.15, 0.2) is 0 Å². The van der Waals surface area contributed by atoms with E-state index in [9.17, 15) is 4.79 Å². The first-order chi connectivity index (χ1) is 16.9. The number of methoxy groups -OCH3 is 1. The number of para-hydroxylation sites is 1. The van der Waals surface area contributed by atoms with Crippen LogP contribution in [0.4, 0.5) is 17.5 Å². The number of amides is 1. The van der Waals surface area contributed by atoms with Crippen LogP contribution in [0.15, 0.2) is 54.9 Å². The number of aromatic nitrogens is 4. The minimum atomic E-state index is 0.329. The molecule has 0 fully saturated rings. The minimum absolute atomic E-state index is 0.329. The summed E-state index contributed by atoms with van der Waals surface area (Å²) in [6.07, 6.45) is 4.37. The van der Waals surface area contributed by atoms with E-state index in [1.807, 2.05) is 68.4 Å². The van der Waals surface area contributed by atoms with Crippen molar-refractivity contribution in [3.63, 3.8) is 0 Å². The predicted molar refractivity (Wildman–Crippen MR) is 139 cm³/mol. The third-order valence-corrected chi connectivity index (χ3v) is 5.72. The molecule has 0 unspecified atom stereocenters. The highest BCUT2D eigenvalue weighted by Crippen LogP contribution is 2.32. The fraction of sp³-hybridized carbons (Fsp3) is 0.231. The second-order valence-corrected chi connectivity index (χ2v) is 8.27. The molecule has 1 amide bonds. The zero-order chi connectivity index (χ0) is 24.9. The van der Waals surface area contributed by atoms with E-state index < -0.39 is 0 Å². The molecule has 9 nitrogen and oxygen atoms in total. The molecule has 9 heteroatoms. The van der Waals surface area contributed by atoms with Crippen LogP contribution in [0.5, 0.6) is 5.75 Å². The molecule has 0 radical (unpaired) electrons. The van der Waals surface area contributed by atoms with Crippen molar-refractivity contribution in [2.24, 2.45) is 0 Å². The highest BCUT2D eigenvalue weighted by molar-refractivity contribution is 5.80. The molecular formula is C26H29N7O2. The molecule has 0 aliphatic rings. The van der Waals surface area contributed by atoms with E-state index in [0.717, 1.165) is 51.6 Å². The minimum Gasteiger partial charge on any atom is -0.496 e. The van der Waals surface area contributed by atoms with Crippen LogP contribution >= 0.6 is 0 Å². The number of carbonyl (C=O) groups is 1. The van der Waals surface area contributed by atoms with Crippen molar-refractivity contribution in [2.75, 3.05) is 43.4 Å². The van der Waals surface area contributed by atoms with Gasteiger partial charge in [0.1, 0.15) is 17.4 Å². The van der Waals surface area contributed by atoms with Crippen LogP contribution in [0.2, 0.25) is 0 Å². The van der Waals surface area contributed by atoms with Gasteiger partial charge in [0.2, 0.25) is 12.4 Å². The van der Waals surface area contributed by atoms with Crippen molar-refractivity contribution in [1.82, 2.24) is 19.9 Å². The zero-order valence-electron chi connectivity index (χ0n) is 20.5. The molecule has 2 aromatic heterocycles. The normalized spacial score (nSPS) is 10.7. The Balaban J connectivity index is 1.67. The van der Waals surface area contributed by atoms with Crippen molar-refractivity contribution < 1.29 is 9.53 Å². The average molecular weight is 472 g/mol. The smallest absolute Gasteiger partial charge is 0.224 e. The number of aromatic amines is 1. The average Bonchev–Trinajstić information content (AvgIpc) is 3.37.